The molecule has 1 aromatic heterocycles. The minimum atomic E-state index is -2.27. The summed E-state index contributed by atoms with van der Waals surface area (Å²) in [6.45, 7) is 0.983. The molecule has 20 heavy (non-hydrogen) atoms. The zero-order valence-corrected chi connectivity index (χ0v) is 11.2. The van der Waals surface area contributed by atoms with Gasteiger partial charge in [0.15, 0.2) is 10.6 Å². The molecule has 0 bridgehead atoms. The van der Waals surface area contributed by atoms with Gasteiger partial charge in [0.25, 0.3) is 0 Å². The Labute approximate surface area is 117 Å². The summed E-state index contributed by atoms with van der Waals surface area (Å²) in [4.78, 5) is 35.4. The van der Waals surface area contributed by atoms with Gasteiger partial charge in [0.05, 0.1) is 0 Å². The number of Topliss-reactive ketones (excluding diaryl/α,β-unsaturated/α-hetero) is 1. The van der Waals surface area contributed by atoms with Crippen molar-refractivity contribution >= 4 is 33.2 Å². The summed E-state index contributed by atoms with van der Waals surface area (Å²) in [5.74, 6) is -2.69. The molecule has 0 aliphatic heterocycles. The lowest BCUT2D eigenvalue weighted by molar-refractivity contribution is -0.140. The first kappa shape index (κ1) is 14.2. The van der Waals surface area contributed by atoms with Gasteiger partial charge in [0, 0.05) is 10.1 Å². The van der Waals surface area contributed by atoms with E-state index < -0.39 is 33.3 Å². The Kier molecular flexibility index (Phi) is 3.33. The molecule has 0 fully saturated rings. The van der Waals surface area contributed by atoms with Crippen LogP contribution in [0.3, 0.4) is 0 Å². The number of carbonyl (C=O) groups excluding carboxylic acids is 1. The fourth-order valence-corrected chi connectivity index (χ4v) is 2.60. The summed E-state index contributed by atoms with van der Waals surface area (Å²) in [6, 6.07) is 6.41. The van der Waals surface area contributed by atoms with E-state index in [9.17, 15) is 19.5 Å². The smallest absolute Gasteiger partial charge is 0.331 e. The van der Waals surface area contributed by atoms with Crippen LogP contribution in [0.1, 0.15) is 17.3 Å². The number of hydrogen-bond donors (Lipinski definition) is 3. The van der Waals surface area contributed by atoms with Gasteiger partial charge in [-0.3, -0.25) is 9.59 Å². The predicted molar refractivity (Wildman–Crippen MR) is 74.3 cm³/mol. The highest BCUT2D eigenvalue weighted by molar-refractivity contribution is 7.20. The Morgan fingerprint density at radius 1 is 1.30 bits per heavy atom. The van der Waals surface area contributed by atoms with Crippen LogP contribution in [0.4, 0.5) is 0 Å². The molecule has 0 radical (unpaired) electrons. The summed E-state index contributed by atoms with van der Waals surface area (Å²) in [7, 11) is 0. The van der Waals surface area contributed by atoms with Gasteiger partial charge in [0.1, 0.15) is 5.56 Å². The molecular weight excluding hydrogens is 282 g/mol. The van der Waals surface area contributed by atoms with Gasteiger partial charge < -0.3 is 15.9 Å². The molecule has 4 N–H and O–H groups in total. The van der Waals surface area contributed by atoms with Crippen LogP contribution in [0.5, 0.6) is 5.06 Å². The number of fused-ring (bicyclic) bond motifs is 1. The molecule has 0 aliphatic carbocycles. The highest BCUT2D eigenvalue weighted by Gasteiger charge is 2.40. The molecule has 1 unspecified atom stereocenters. The fourth-order valence-electron chi connectivity index (χ4n) is 1.69. The summed E-state index contributed by atoms with van der Waals surface area (Å²) in [6.07, 6.45) is 0. The van der Waals surface area contributed by atoms with Gasteiger partial charge in [0.2, 0.25) is 11.2 Å². The Balaban J connectivity index is 2.76. The number of rotatable bonds is 3. The van der Waals surface area contributed by atoms with Crippen molar-refractivity contribution in [2.75, 3.05) is 0 Å². The van der Waals surface area contributed by atoms with Crippen LogP contribution in [-0.2, 0) is 4.79 Å². The highest BCUT2D eigenvalue weighted by Crippen LogP contribution is 2.29. The standard InChI is InChI=1S/C13H11NO5S/c1-13(14,12(18)19)10(16)8-9(15)6-4-2-3-5-7(6)20-11(8)17/h2-5,17H,14H2,1H3,(H,18,19). The van der Waals surface area contributed by atoms with Crippen molar-refractivity contribution < 1.29 is 19.8 Å². The van der Waals surface area contributed by atoms with Crippen molar-refractivity contribution in [3.05, 3.63) is 40.1 Å². The van der Waals surface area contributed by atoms with Crippen LogP contribution in [-0.4, -0.2) is 27.5 Å². The van der Waals surface area contributed by atoms with E-state index in [1.54, 1.807) is 18.2 Å². The SMILES string of the molecule is CC(N)(C(=O)O)C(=O)c1c(O)sc2ccccc2c1=O. The molecule has 0 spiro atoms. The van der Waals surface area contributed by atoms with Crippen molar-refractivity contribution in [1.82, 2.24) is 0 Å². The fraction of sp³-hybridized carbons (Fsp3) is 0.154. The van der Waals surface area contributed by atoms with Crippen LogP contribution in [0, 0.1) is 0 Å². The molecule has 1 heterocycles. The molecule has 0 aliphatic rings. The Hall–Kier alpha value is -2.25. The van der Waals surface area contributed by atoms with Gasteiger partial charge in [-0.2, -0.15) is 0 Å². The highest BCUT2D eigenvalue weighted by atomic mass is 32.1. The second kappa shape index (κ2) is 4.69. The largest absolute Gasteiger partial charge is 0.499 e. The number of aromatic hydroxyl groups is 1. The molecule has 104 valence electrons. The first-order valence-corrected chi connectivity index (χ1v) is 6.40. The van der Waals surface area contributed by atoms with Crippen molar-refractivity contribution in [3.8, 4) is 5.06 Å². The lowest BCUT2D eigenvalue weighted by atomic mass is 9.93. The van der Waals surface area contributed by atoms with E-state index in [4.69, 9.17) is 10.8 Å². The molecular formula is C13H11NO5S. The van der Waals surface area contributed by atoms with Gasteiger partial charge >= 0.3 is 5.97 Å². The number of carbonyl (C=O) groups is 2. The molecule has 2 rings (SSSR count). The number of carboxylic acids is 1. The molecule has 7 heteroatoms. The summed E-state index contributed by atoms with van der Waals surface area (Å²) in [5.41, 5.74) is 1.85. The van der Waals surface area contributed by atoms with Crippen molar-refractivity contribution in [2.45, 2.75) is 12.5 Å². The monoisotopic (exact) mass is 293 g/mol. The van der Waals surface area contributed by atoms with Crippen LogP contribution in [0.2, 0.25) is 0 Å². The lowest BCUT2D eigenvalue weighted by Gasteiger charge is -2.17. The van der Waals surface area contributed by atoms with Gasteiger partial charge in [-0.25, -0.2) is 4.79 Å². The van der Waals surface area contributed by atoms with Gasteiger partial charge in [-0.1, -0.05) is 23.5 Å². The molecule has 6 nitrogen and oxygen atoms in total. The quantitative estimate of drug-likeness (QED) is 0.573. The van der Waals surface area contributed by atoms with Crippen molar-refractivity contribution in [2.24, 2.45) is 5.73 Å². The van der Waals surface area contributed by atoms with Crippen LogP contribution in [0.25, 0.3) is 10.1 Å². The lowest BCUT2D eigenvalue weighted by Crippen LogP contribution is -2.53. The third kappa shape index (κ3) is 2.06. The zero-order valence-electron chi connectivity index (χ0n) is 10.4. The van der Waals surface area contributed by atoms with Gasteiger partial charge in [-0.05, 0) is 19.1 Å². The summed E-state index contributed by atoms with van der Waals surface area (Å²) in [5, 5.41) is 18.5. The maximum absolute atomic E-state index is 12.2. The van der Waals surface area contributed by atoms with E-state index in [0.717, 1.165) is 18.3 Å². The number of nitrogens with two attached hydrogens (primary N) is 1. The molecule has 1 aromatic carbocycles. The summed E-state index contributed by atoms with van der Waals surface area (Å²) >= 11 is 0.825. The van der Waals surface area contributed by atoms with Crippen LogP contribution < -0.4 is 11.2 Å². The van der Waals surface area contributed by atoms with Crippen LogP contribution >= 0.6 is 11.3 Å². The molecule has 0 saturated heterocycles. The second-order valence-corrected chi connectivity index (χ2v) is 5.47. The molecule has 0 saturated carbocycles. The topological polar surface area (TPSA) is 118 Å². The maximum atomic E-state index is 12.2. The van der Waals surface area contributed by atoms with E-state index in [1.807, 2.05) is 0 Å². The zero-order chi connectivity index (χ0) is 15.1. The molecule has 2 aromatic rings. The second-order valence-electron chi connectivity index (χ2n) is 4.44. The number of aliphatic carboxylic acids is 1. The van der Waals surface area contributed by atoms with E-state index in [0.29, 0.717) is 4.70 Å². The van der Waals surface area contributed by atoms with E-state index in [1.165, 1.54) is 6.07 Å². The Morgan fingerprint density at radius 2 is 1.90 bits per heavy atom. The van der Waals surface area contributed by atoms with E-state index >= 15 is 0 Å². The van der Waals surface area contributed by atoms with Crippen LogP contribution in [0.15, 0.2) is 29.1 Å². The maximum Gasteiger partial charge on any atom is 0.331 e. The third-order valence-electron chi connectivity index (χ3n) is 2.92. The normalized spacial score (nSPS) is 13.9. The first-order chi connectivity index (χ1) is 9.26. The number of carboxylic acid groups (broad SMARTS) is 1. The summed E-state index contributed by atoms with van der Waals surface area (Å²) < 4.78 is 0.501. The first-order valence-electron chi connectivity index (χ1n) is 5.58. The minimum Gasteiger partial charge on any atom is -0.499 e. The number of ketones is 1. The van der Waals surface area contributed by atoms with Crippen molar-refractivity contribution in [1.29, 1.82) is 0 Å². The van der Waals surface area contributed by atoms with Gasteiger partial charge in [-0.15, -0.1) is 0 Å². The van der Waals surface area contributed by atoms with Crippen molar-refractivity contribution in [3.63, 3.8) is 0 Å². The predicted octanol–water partition coefficient (Wildman–Crippen LogP) is 0.952. The number of hydrogen-bond acceptors (Lipinski definition) is 6. The Morgan fingerprint density at radius 3 is 2.50 bits per heavy atom. The average molecular weight is 293 g/mol. The minimum absolute atomic E-state index is 0.236. The number of benzene rings is 1. The van der Waals surface area contributed by atoms with E-state index in [-0.39, 0.29) is 5.39 Å². The van der Waals surface area contributed by atoms with E-state index in [2.05, 4.69) is 0 Å². The average Bonchev–Trinajstić information content (AvgIpc) is 2.38. The third-order valence-corrected chi connectivity index (χ3v) is 3.90. The molecule has 1 atom stereocenters. The molecule has 0 amide bonds. The Bertz CT molecular complexity index is 778.